The zero-order chi connectivity index (χ0) is 26.3. The summed E-state index contributed by atoms with van der Waals surface area (Å²) >= 11 is 0. The molecule has 0 saturated heterocycles. The summed E-state index contributed by atoms with van der Waals surface area (Å²) in [5.74, 6) is 0. The topological polar surface area (TPSA) is 102 Å². The predicted octanol–water partition coefficient (Wildman–Crippen LogP) is 4.18. The van der Waals surface area contributed by atoms with Crippen molar-refractivity contribution in [3.63, 3.8) is 0 Å². The molecular formula is C28H29NO7S. The van der Waals surface area contributed by atoms with E-state index in [9.17, 15) is 18.3 Å². The summed E-state index contributed by atoms with van der Waals surface area (Å²) in [5, 5.41) is 10.7. The smallest absolute Gasteiger partial charge is 0.414 e. The molecule has 3 atom stereocenters. The summed E-state index contributed by atoms with van der Waals surface area (Å²) < 4.78 is 42.9. The number of rotatable bonds is 9. The van der Waals surface area contributed by atoms with Crippen LogP contribution in [0.25, 0.3) is 0 Å². The van der Waals surface area contributed by atoms with Crippen molar-refractivity contribution in [2.45, 2.75) is 43.3 Å². The fourth-order valence-corrected chi connectivity index (χ4v) is 4.97. The second kappa shape index (κ2) is 12.2. The van der Waals surface area contributed by atoms with E-state index in [-0.39, 0.29) is 24.7 Å². The second-order valence-electron chi connectivity index (χ2n) is 8.68. The molecule has 1 N–H and O–H groups in total. The molecule has 0 aliphatic carbocycles. The Morgan fingerprint density at radius 2 is 1.49 bits per heavy atom. The molecule has 0 aromatic heterocycles. The Morgan fingerprint density at radius 1 is 0.892 bits per heavy atom. The minimum atomic E-state index is -4.25. The maximum atomic E-state index is 13.1. The molecule has 4 rings (SSSR count). The van der Waals surface area contributed by atoms with Gasteiger partial charge in [-0.3, -0.25) is 9.08 Å². The van der Waals surface area contributed by atoms with Crippen molar-refractivity contribution in [2.75, 3.05) is 6.61 Å². The molecule has 9 heteroatoms. The number of benzene rings is 3. The van der Waals surface area contributed by atoms with Crippen molar-refractivity contribution in [3.8, 4) is 0 Å². The minimum absolute atomic E-state index is 0.0251. The summed E-state index contributed by atoms with van der Waals surface area (Å²) in [4.78, 5) is 14.2. The molecule has 3 aromatic rings. The average molecular weight is 524 g/mol. The molecule has 1 amide bonds. The van der Waals surface area contributed by atoms with Gasteiger partial charge in [0, 0.05) is 6.20 Å². The van der Waals surface area contributed by atoms with Crippen LogP contribution in [0.3, 0.4) is 0 Å². The Labute approximate surface area is 216 Å². The largest absolute Gasteiger partial charge is 0.444 e. The molecule has 8 nitrogen and oxygen atoms in total. The first-order chi connectivity index (χ1) is 17.8. The summed E-state index contributed by atoms with van der Waals surface area (Å²) in [6.07, 6.45) is -0.679. The van der Waals surface area contributed by atoms with Crippen molar-refractivity contribution in [2.24, 2.45) is 0 Å². The van der Waals surface area contributed by atoms with Gasteiger partial charge in [-0.25, -0.2) is 4.79 Å². The number of aryl methyl sites for hydroxylation is 1. The quantitative estimate of drug-likeness (QED) is 0.420. The monoisotopic (exact) mass is 523 g/mol. The summed E-state index contributed by atoms with van der Waals surface area (Å²) in [6.45, 7) is 1.98. The van der Waals surface area contributed by atoms with E-state index in [1.54, 1.807) is 12.1 Å². The zero-order valence-electron chi connectivity index (χ0n) is 20.3. The van der Waals surface area contributed by atoms with Gasteiger partial charge < -0.3 is 14.6 Å². The Bertz CT molecular complexity index is 1300. The van der Waals surface area contributed by atoms with Gasteiger partial charge in [0.25, 0.3) is 10.1 Å². The average Bonchev–Trinajstić information content (AvgIpc) is 2.90. The highest BCUT2D eigenvalue weighted by atomic mass is 32.2. The van der Waals surface area contributed by atoms with Crippen molar-refractivity contribution in [1.29, 1.82) is 0 Å². The SMILES string of the molecule is Cc1ccc(S(=O)(=O)O[C@H]2[C@H](O)C=CN(C(=O)OCc3ccccc3)[C@@H]2COCc2ccccc2)cc1. The van der Waals surface area contributed by atoms with Gasteiger partial charge >= 0.3 is 6.09 Å². The van der Waals surface area contributed by atoms with Gasteiger partial charge in [-0.15, -0.1) is 0 Å². The van der Waals surface area contributed by atoms with E-state index >= 15 is 0 Å². The fourth-order valence-electron chi connectivity index (χ4n) is 3.85. The summed E-state index contributed by atoms with van der Waals surface area (Å²) in [7, 11) is -4.25. The van der Waals surface area contributed by atoms with Gasteiger partial charge in [0.05, 0.1) is 24.2 Å². The highest BCUT2D eigenvalue weighted by Gasteiger charge is 2.41. The number of hydrogen-bond donors (Lipinski definition) is 1. The second-order valence-corrected chi connectivity index (χ2v) is 10.2. The maximum absolute atomic E-state index is 13.1. The minimum Gasteiger partial charge on any atom is -0.444 e. The molecule has 3 aromatic carbocycles. The summed E-state index contributed by atoms with van der Waals surface area (Å²) in [5.41, 5.74) is 2.58. The van der Waals surface area contributed by atoms with Crippen molar-refractivity contribution in [1.82, 2.24) is 4.90 Å². The van der Waals surface area contributed by atoms with Crippen LogP contribution in [0.1, 0.15) is 16.7 Å². The molecule has 0 radical (unpaired) electrons. The van der Waals surface area contributed by atoms with E-state index < -0.39 is 34.5 Å². The Hall–Kier alpha value is -3.50. The van der Waals surface area contributed by atoms with Gasteiger partial charge in [-0.1, -0.05) is 78.4 Å². The van der Waals surface area contributed by atoms with Crippen LogP contribution in [0.4, 0.5) is 4.79 Å². The molecule has 0 spiro atoms. The van der Waals surface area contributed by atoms with E-state index in [4.69, 9.17) is 13.7 Å². The molecule has 0 fully saturated rings. The highest BCUT2D eigenvalue weighted by molar-refractivity contribution is 7.86. The van der Waals surface area contributed by atoms with Crippen LogP contribution in [0.15, 0.2) is 102 Å². The van der Waals surface area contributed by atoms with Crippen LogP contribution in [0, 0.1) is 6.92 Å². The molecule has 37 heavy (non-hydrogen) atoms. The Kier molecular flexibility index (Phi) is 8.73. The van der Waals surface area contributed by atoms with Gasteiger partial charge in [-0.05, 0) is 36.3 Å². The summed E-state index contributed by atoms with van der Waals surface area (Å²) in [6, 6.07) is 23.8. The van der Waals surface area contributed by atoms with E-state index in [2.05, 4.69) is 0 Å². The third-order valence-electron chi connectivity index (χ3n) is 5.88. The lowest BCUT2D eigenvalue weighted by Gasteiger charge is -2.38. The molecule has 0 saturated carbocycles. The van der Waals surface area contributed by atoms with E-state index in [0.717, 1.165) is 16.7 Å². The maximum Gasteiger partial charge on any atom is 0.414 e. The normalized spacial score (nSPS) is 19.5. The standard InChI is InChI=1S/C28H29NO7S/c1-21-12-14-24(15-13-21)37(32,33)36-27-25(20-34-18-22-8-4-2-5-9-22)29(17-16-26(27)30)28(31)35-19-23-10-6-3-7-11-23/h2-17,25-27,30H,18-20H2,1H3/t25-,26-,27-/m1/s1. The predicted molar refractivity (Wildman–Crippen MR) is 137 cm³/mol. The number of aliphatic hydroxyl groups excluding tert-OH is 1. The number of aliphatic hydroxyl groups is 1. The van der Waals surface area contributed by atoms with Crippen LogP contribution in [0.2, 0.25) is 0 Å². The van der Waals surface area contributed by atoms with Crippen LogP contribution >= 0.6 is 0 Å². The lowest BCUT2D eigenvalue weighted by Crippen LogP contribution is -2.55. The number of carbonyl (C=O) groups excluding carboxylic acids is 1. The lowest BCUT2D eigenvalue weighted by atomic mass is 10.0. The molecule has 1 heterocycles. The van der Waals surface area contributed by atoms with Gasteiger partial charge in [0.1, 0.15) is 18.8 Å². The Balaban J connectivity index is 1.54. The highest BCUT2D eigenvalue weighted by Crippen LogP contribution is 2.26. The zero-order valence-corrected chi connectivity index (χ0v) is 21.2. The lowest BCUT2D eigenvalue weighted by molar-refractivity contribution is -0.0364. The van der Waals surface area contributed by atoms with Crippen LogP contribution in [0.5, 0.6) is 0 Å². The van der Waals surface area contributed by atoms with Crippen LogP contribution < -0.4 is 0 Å². The number of hydrogen-bond acceptors (Lipinski definition) is 7. The van der Waals surface area contributed by atoms with E-state index in [1.807, 2.05) is 67.6 Å². The third-order valence-corrected chi connectivity index (χ3v) is 7.21. The van der Waals surface area contributed by atoms with Crippen molar-refractivity contribution in [3.05, 3.63) is 114 Å². The van der Waals surface area contributed by atoms with Crippen LogP contribution in [-0.4, -0.2) is 49.4 Å². The first kappa shape index (κ1) is 26.6. The van der Waals surface area contributed by atoms with Gasteiger partial charge in [-0.2, -0.15) is 8.42 Å². The number of ether oxygens (including phenoxy) is 2. The Morgan fingerprint density at radius 3 is 2.11 bits per heavy atom. The fraction of sp³-hybridized carbons (Fsp3) is 0.250. The molecule has 0 bridgehead atoms. The number of carbonyl (C=O) groups is 1. The van der Waals surface area contributed by atoms with Crippen molar-refractivity contribution >= 4 is 16.2 Å². The van der Waals surface area contributed by atoms with E-state index in [1.165, 1.54) is 29.3 Å². The van der Waals surface area contributed by atoms with E-state index in [0.29, 0.717) is 0 Å². The third kappa shape index (κ3) is 7.05. The molecule has 1 aliphatic rings. The molecular weight excluding hydrogens is 494 g/mol. The van der Waals surface area contributed by atoms with Crippen molar-refractivity contribution < 1.29 is 32.0 Å². The van der Waals surface area contributed by atoms with Crippen LogP contribution in [-0.2, 0) is 37.0 Å². The first-order valence-corrected chi connectivity index (χ1v) is 13.2. The van der Waals surface area contributed by atoms with Gasteiger partial charge in [0.2, 0.25) is 0 Å². The molecule has 1 aliphatic heterocycles. The number of nitrogens with zero attached hydrogens (tertiary/aromatic N) is 1. The number of amides is 1. The molecule has 194 valence electrons. The molecule has 0 unspecified atom stereocenters. The first-order valence-electron chi connectivity index (χ1n) is 11.8. The van der Waals surface area contributed by atoms with Gasteiger partial charge in [0.15, 0.2) is 0 Å².